The van der Waals surface area contributed by atoms with Crippen molar-refractivity contribution in [3.8, 4) is 11.8 Å². The summed E-state index contributed by atoms with van der Waals surface area (Å²) in [6.07, 6.45) is -4.16. The quantitative estimate of drug-likeness (QED) is 0.448. The minimum atomic E-state index is -4.16. The summed E-state index contributed by atoms with van der Waals surface area (Å²) >= 11 is 0. The first-order valence-electron chi connectivity index (χ1n) is 2.47. The van der Waals surface area contributed by atoms with E-state index >= 15 is 0 Å². The van der Waals surface area contributed by atoms with E-state index in [1.165, 1.54) is 6.92 Å². The lowest BCUT2D eigenvalue weighted by atomic mass is 10.2. The van der Waals surface area contributed by atoms with Crippen LogP contribution < -0.4 is 0 Å². The molecule has 0 bridgehead atoms. The first-order chi connectivity index (χ1) is 3.98. The lowest BCUT2D eigenvalue weighted by Crippen LogP contribution is -2.17. The third kappa shape index (κ3) is 3.02. The highest BCUT2D eigenvalue weighted by Crippen LogP contribution is 2.24. The third-order valence-electron chi connectivity index (χ3n) is 0.852. The van der Waals surface area contributed by atoms with E-state index < -0.39 is 12.1 Å². The third-order valence-corrected chi connectivity index (χ3v) is 0.852. The van der Waals surface area contributed by atoms with Crippen LogP contribution in [0.15, 0.2) is 0 Å². The fourth-order valence-electron chi connectivity index (χ4n) is 0.298. The van der Waals surface area contributed by atoms with E-state index in [2.05, 4.69) is 5.92 Å². The molecule has 0 saturated heterocycles. The number of rotatable bonds is 0. The van der Waals surface area contributed by atoms with Crippen molar-refractivity contribution in [2.45, 2.75) is 20.0 Å². The number of hydrogen-bond acceptors (Lipinski definition) is 0. The van der Waals surface area contributed by atoms with Gasteiger partial charge in [-0.1, -0.05) is 5.92 Å². The van der Waals surface area contributed by atoms with Crippen molar-refractivity contribution in [1.29, 1.82) is 0 Å². The van der Waals surface area contributed by atoms with Crippen LogP contribution in [0.4, 0.5) is 13.2 Å². The fourth-order valence-corrected chi connectivity index (χ4v) is 0.298. The van der Waals surface area contributed by atoms with Gasteiger partial charge in [-0.15, -0.1) is 5.92 Å². The maximum atomic E-state index is 11.5. The molecule has 0 aliphatic heterocycles. The zero-order valence-corrected chi connectivity index (χ0v) is 5.21. The molecule has 0 rings (SSSR count). The van der Waals surface area contributed by atoms with Crippen molar-refractivity contribution in [3.63, 3.8) is 0 Å². The molecule has 0 heterocycles. The minimum absolute atomic E-state index is 1.04. The Balaban J connectivity index is 3.99. The average molecular weight is 136 g/mol. The zero-order valence-electron chi connectivity index (χ0n) is 5.21. The summed E-state index contributed by atoms with van der Waals surface area (Å²) in [7, 11) is 0. The second-order valence-corrected chi connectivity index (χ2v) is 1.66. The molecular formula is C6H7F3. The Morgan fingerprint density at radius 2 is 1.78 bits per heavy atom. The van der Waals surface area contributed by atoms with Gasteiger partial charge in [-0.25, -0.2) is 0 Å². The van der Waals surface area contributed by atoms with Crippen LogP contribution in [0.5, 0.6) is 0 Å². The molecule has 1 unspecified atom stereocenters. The maximum absolute atomic E-state index is 11.5. The van der Waals surface area contributed by atoms with Gasteiger partial charge in [0.05, 0.1) is 0 Å². The Bertz CT molecular complexity index is 135. The molecule has 0 amide bonds. The van der Waals surface area contributed by atoms with Crippen molar-refractivity contribution in [3.05, 3.63) is 0 Å². The normalized spacial score (nSPS) is 13.9. The highest BCUT2D eigenvalue weighted by atomic mass is 19.4. The summed E-state index contributed by atoms with van der Waals surface area (Å²) in [5, 5.41) is 0. The number of halogens is 3. The zero-order chi connectivity index (χ0) is 7.49. The van der Waals surface area contributed by atoms with Crippen molar-refractivity contribution in [1.82, 2.24) is 0 Å². The molecule has 0 fully saturated rings. The molecule has 0 N–H and O–H groups in total. The van der Waals surface area contributed by atoms with E-state index in [1.807, 2.05) is 5.92 Å². The van der Waals surface area contributed by atoms with Gasteiger partial charge in [-0.3, -0.25) is 0 Å². The van der Waals surface area contributed by atoms with Gasteiger partial charge in [0.25, 0.3) is 0 Å². The molecule has 0 saturated carbocycles. The molecule has 0 nitrogen and oxygen atoms in total. The van der Waals surface area contributed by atoms with Gasteiger partial charge < -0.3 is 0 Å². The number of alkyl halides is 3. The standard InChI is InChI=1S/C6H7F3/c1-3-4-5(2)6(7,8)9/h5H,1-2H3. The Morgan fingerprint density at radius 1 is 1.33 bits per heavy atom. The van der Waals surface area contributed by atoms with Crippen LogP contribution >= 0.6 is 0 Å². The van der Waals surface area contributed by atoms with E-state index in [4.69, 9.17) is 0 Å². The van der Waals surface area contributed by atoms with E-state index in [0.717, 1.165) is 6.92 Å². The summed E-state index contributed by atoms with van der Waals surface area (Å²) in [5.41, 5.74) is 0. The molecular weight excluding hydrogens is 129 g/mol. The molecule has 0 aliphatic carbocycles. The van der Waals surface area contributed by atoms with Gasteiger partial charge in [0.1, 0.15) is 5.92 Å². The van der Waals surface area contributed by atoms with Gasteiger partial charge in [0, 0.05) is 0 Å². The average Bonchev–Trinajstić information content (AvgIpc) is 1.64. The summed E-state index contributed by atoms with van der Waals surface area (Å²) in [4.78, 5) is 0. The van der Waals surface area contributed by atoms with Crippen molar-refractivity contribution < 1.29 is 13.2 Å². The fraction of sp³-hybridized carbons (Fsp3) is 0.667. The van der Waals surface area contributed by atoms with E-state index in [0.29, 0.717) is 0 Å². The monoisotopic (exact) mass is 136 g/mol. The molecule has 0 aromatic carbocycles. The molecule has 0 aliphatic rings. The van der Waals surface area contributed by atoms with E-state index in [-0.39, 0.29) is 0 Å². The predicted octanol–water partition coefficient (Wildman–Crippen LogP) is 2.21. The summed E-state index contributed by atoms with van der Waals surface area (Å²) in [5.74, 6) is 2.72. The predicted molar refractivity (Wildman–Crippen MR) is 28.7 cm³/mol. The largest absolute Gasteiger partial charge is 0.402 e. The van der Waals surface area contributed by atoms with Gasteiger partial charge in [0.2, 0.25) is 0 Å². The van der Waals surface area contributed by atoms with Crippen LogP contribution in [0.2, 0.25) is 0 Å². The molecule has 0 spiro atoms. The Morgan fingerprint density at radius 3 is 1.89 bits per heavy atom. The molecule has 9 heavy (non-hydrogen) atoms. The van der Waals surface area contributed by atoms with Gasteiger partial charge in [-0.05, 0) is 13.8 Å². The summed E-state index contributed by atoms with van der Waals surface area (Å²) in [6.45, 7) is 2.43. The molecule has 0 radical (unpaired) electrons. The molecule has 52 valence electrons. The van der Waals surface area contributed by atoms with Crippen molar-refractivity contribution in [2.24, 2.45) is 5.92 Å². The van der Waals surface area contributed by atoms with E-state index in [1.54, 1.807) is 0 Å². The van der Waals surface area contributed by atoms with Crippen molar-refractivity contribution in [2.75, 3.05) is 0 Å². The second kappa shape index (κ2) is 2.77. The summed E-state index contributed by atoms with van der Waals surface area (Å²) < 4.78 is 34.6. The topological polar surface area (TPSA) is 0 Å². The lowest BCUT2D eigenvalue weighted by molar-refractivity contribution is -0.153. The Kier molecular flexibility index (Phi) is 2.57. The van der Waals surface area contributed by atoms with Gasteiger partial charge in [0.15, 0.2) is 0 Å². The summed E-state index contributed by atoms with van der Waals surface area (Å²) in [6, 6.07) is 0. The highest BCUT2D eigenvalue weighted by Gasteiger charge is 2.34. The van der Waals surface area contributed by atoms with Crippen molar-refractivity contribution >= 4 is 0 Å². The van der Waals surface area contributed by atoms with Crippen LogP contribution in [0, 0.1) is 17.8 Å². The van der Waals surface area contributed by atoms with Crippen LogP contribution in [0.1, 0.15) is 13.8 Å². The van der Waals surface area contributed by atoms with Crippen LogP contribution in [-0.2, 0) is 0 Å². The van der Waals surface area contributed by atoms with Crippen LogP contribution in [-0.4, -0.2) is 6.18 Å². The SMILES string of the molecule is CC#CC(C)C(F)(F)F. The van der Waals surface area contributed by atoms with Crippen LogP contribution in [0.25, 0.3) is 0 Å². The molecule has 3 heteroatoms. The maximum Gasteiger partial charge on any atom is 0.402 e. The number of hydrogen-bond donors (Lipinski definition) is 0. The second-order valence-electron chi connectivity index (χ2n) is 1.66. The Hall–Kier alpha value is -0.650. The smallest absolute Gasteiger partial charge is 0.170 e. The Labute approximate surface area is 52.1 Å². The van der Waals surface area contributed by atoms with E-state index in [9.17, 15) is 13.2 Å². The molecule has 1 atom stereocenters. The molecule has 0 aromatic rings. The van der Waals surface area contributed by atoms with Crippen LogP contribution in [0.3, 0.4) is 0 Å². The van der Waals surface area contributed by atoms with Gasteiger partial charge >= 0.3 is 6.18 Å². The first-order valence-corrected chi connectivity index (χ1v) is 2.47. The lowest BCUT2D eigenvalue weighted by Gasteiger charge is -2.07. The minimum Gasteiger partial charge on any atom is -0.170 e. The van der Waals surface area contributed by atoms with Gasteiger partial charge in [-0.2, -0.15) is 13.2 Å². The highest BCUT2D eigenvalue weighted by molar-refractivity contribution is 5.01. The first kappa shape index (κ1) is 8.35. The molecule has 0 aromatic heterocycles.